The predicted molar refractivity (Wildman–Crippen MR) is 43.1 cm³/mol. The lowest BCUT2D eigenvalue weighted by Gasteiger charge is -2.08. The van der Waals surface area contributed by atoms with Crippen molar-refractivity contribution < 1.29 is 14.3 Å². The average Bonchev–Trinajstić information content (AvgIpc) is 2.48. The van der Waals surface area contributed by atoms with Crippen molar-refractivity contribution in [2.75, 3.05) is 11.5 Å². The minimum absolute atomic E-state index is 0.187. The Morgan fingerprint density at radius 3 is 2.85 bits per heavy atom. The molecule has 0 aromatic carbocycles. The number of anilines is 1. The Labute approximate surface area is 73.9 Å². The summed E-state index contributed by atoms with van der Waals surface area (Å²) >= 11 is 0. The summed E-state index contributed by atoms with van der Waals surface area (Å²) in [7, 11) is 0. The molecule has 13 heavy (non-hydrogen) atoms. The fourth-order valence-corrected chi connectivity index (χ4v) is 1.09. The van der Waals surface area contributed by atoms with Gasteiger partial charge in [0, 0.05) is 6.20 Å². The van der Waals surface area contributed by atoms with E-state index in [0.29, 0.717) is 5.69 Å². The van der Waals surface area contributed by atoms with Crippen molar-refractivity contribution in [2.24, 2.45) is 0 Å². The fraction of sp³-hybridized carbons (Fsp3) is 0.125. The summed E-state index contributed by atoms with van der Waals surface area (Å²) in [6, 6.07) is 3.27. The molecule has 2 amide bonds. The van der Waals surface area contributed by atoms with Gasteiger partial charge in [0.05, 0.1) is 11.9 Å². The highest BCUT2D eigenvalue weighted by Crippen LogP contribution is 2.17. The summed E-state index contributed by atoms with van der Waals surface area (Å²) in [5.74, 6) is -0.363. The summed E-state index contributed by atoms with van der Waals surface area (Å²) in [6.07, 6.45) is 2.36. The monoisotopic (exact) mass is 178 g/mol. The second kappa shape index (κ2) is 2.85. The van der Waals surface area contributed by atoms with E-state index >= 15 is 0 Å². The number of hydrogen-bond acceptors (Lipinski definition) is 4. The highest BCUT2D eigenvalue weighted by atomic mass is 16.6. The van der Waals surface area contributed by atoms with E-state index in [0.717, 1.165) is 4.90 Å². The first-order chi connectivity index (χ1) is 6.29. The number of hydrogen-bond donors (Lipinski definition) is 0. The van der Waals surface area contributed by atoms with Crippen LogP contribution in [0.4, 0.5) is 10.5 Å². The molecule has 1 saturated heterocycles. The SMILES string of the molecule is O=C1COC(=O)N1c1cccnc1. The van der Waals surface area contributed by atoms with E-state index in [1.165, 1.54) is 6.20 Å². The van der Waals surface area contributed by atoms with Crippen molar-refractivity contribution in [1.29, 1.82) is 0 Å². The lowest BCUT2D eigenvalue weighted by Crippen LogP contribution is -2.28. The van der Waals surface area contributed by atoms with Gasteiger partial charge in [-0.2, -0.15) is 0 Å². The summed E-state index contributed by atoms with van der Waals surface area (Å²) in [5, 5.41) is 0. The molecule has 0 bridgehead atoms. The van der Waals surface area contributed by atoms with Crippen molar-refractivity contribution in [3.8, 4) is 0 Å². The number of amides is 2. The molecule has 0 atom stereocenters. The molecule has 0 saturated carbocycles. The molecule has 66 valence electrons. The molecule has 0 spiro atoms. The highest BCUT2D eigenvalue weighted by Gasteiger charge is 2.32. The molecule has 0 radical (unpaired) electrons. The van der Waals surface area contributed by atoms with E-state index in [4.69, 9.17) is 0 Å². The van der Waals surface area contributed by atoms with E-state index in [2.05, 4.69) is 9.72 Å². The number of nitrogens with zero attached hydrogens (tertiary/aromatic N) is 2. The quantitative estimate of drug-likeness (QED) is 0.630. The van der Waals surface area contributed by atoms with Crippen LogP contribution in [0, 0.1) is 0 Å². The van der Waals surface area contributed by atoms with Gasteiger partial charge in [0.2, 0.25) is 0 Å². The van der Waals surface area contributed by atoms with Crippen molar-refractivity contribution in [3.63, 3.8) is 0 Å². The van der Waals surface area contributed by atoms with Gasteiger partial charge in [-0.1, -0.05) is 0 Å². The zero-order valence-corrected chi connectivity index (χ0v) is 6.64. The van der Waals surface area contributed by atoms with Crippen LogP contribution >= 0.6 is 0 Å². The van der Waals surface area contributed by atoms with E-state index in [1.54, 1.807) is 18.3 Å². The molecule has 1 aliphatic heterocycles. The molecule has 1 aliphatic rings. The zero-order chi connectivity index (χ0) is 9.26. The van der Waals surface area contributed by atoms with Crippen molar-refractivity contribution in [2.45, 2.75) is 0 Å². The first kappa shape index (κ1) is 7.72. The molecule has 1 fully saturated rings. The molecular formula is C8H6N2O3. The van der Waals surface area contributed by atoms with Crippen LogP contribution in [0.5, 0.6) is 0 Å². The third-order valence-electron chi connectivity index (χ3n) is 1.66. The molecule has 2 heterocycles. The zero-order valence-electron chi connectivity index (χ0n) is 6.64. The largest absolute Gasteiger partial charge is 0.439 e. The standard InChI is InChI=1S/C8H6N2O3/c11-7-5-13-8(12)10(7)6-2-1-3-9-4-6/h1-4H,5H2. The van der Waals surface area contributed by atoms with Crippen LogP contribution in [0.3, 0.4) is 0 Å². The topological polar surface area (TPSA) is 59.5 Å². The Morgan fingerprint density at radius 1 is 1.46 bits per heavy atom. The summed E-state index contributed by atoms with van der Waals surface area (Å²) in [6.45, 7) is -0.187. The maximum absolute atomic E-state index is 11.1. The van der Waals surface area contributed by atoms with Crippen LogP contribution in [-0.4, -0.2) is 23.6 Å². The molecule has 0 unspecified atom stereocenters. The van der Waals surface area contributed by atoms with Gasteiger partial charge in [-0.15, -0.1) is 0 Å². The number of cyclic esters (lactones) is 1. The number of imide groups is 1. The number of pyridine rings is 1. The van der Waals surface area contributed by atoms with Crippen LogP contribution in [0.1, 0.15) is 0 Å². The van der Waals surface area contributed by atoms with Gasteiger partial charge in [-0.05, 0) is 12.1 Å². The van der Waals surface area contributed by atoms with E-state index < -0.39 is 6.09 Å². The maximum atomic E-state index is 11.1. The van der Waals surface area contributed by atoms with Gasteiger partial charge in [0.1, 0.15) is 0 Å². The van der Waals surface area contributed by atoms with Gasteiger partial charge >= 0.3 is 6.09 Å². The van der Waals surface area contributed by atoms with Gasteiger partial charge in [-0.3, -0.25) is 9.78 Å². The molecule has 5 heteroatoms. The normalized spacial score (nSPS) is 16.2. The third kappa shape index (κ3) is 1.24. The molecular weight excluding hydrogens is 172 g/mol. The minimum atomic E-state index is -0.641. The predicted octanol–water partition coefficient (Wildman–Crippen LogP) is 0.565. The molecule has 2 rings (SSSR count). The smallest absolute Gasteiger partial charge is 0.421 e. The van der Waals surface area contributed by atoms with Gasteiger partial charge in [0.15, 0.2) is 6.61 Å². The molecule has 0 N–H and O–H groups in total. The number of carbonyl (C=O) groups excluding carboxylic acids is 2. The van der Waals surface area contributed by atoms with Crippen LogP contribution in [-0.2, 0) is 9.53 Å². The average molecular weight is 178 g/mol. The number of carbonyl (C=O) groups is 2. The first-order valence-corrected chi connectivity index (χ1v) is 3.69. The summed E-state index contributed by atoms with van der Waals surface area (Å²) < 4.78 is 4.54. The first-order valence-electron chi connectivity index (χ1n) is 3.69. The fourth-order valence-electron chi connectivity index (χ4n) is 1.09. The number of ether oxygens (including phenoxy) is 1. The maximum Gasteiger partial charge on any atom is 0.421 e. The van der Waals surface area contributed by atoms with Crippen LogP contribution in [0.25, 0.3) is 0 Å². The minimum Gasteiger partial charge on any atom is -0.439 e. The second-order valence-electron chi connectivity index (χ2n) is 2.49. The Bertz CT molecular complexity index is 334. The third-order valence-corrected chi connectivity index (χ3v) is 1.66. The van der Waals surface area contributed by atoms with Gasteiger partial charge in [0.25, 0.3) is 5.91 Å². The lowest BCUT2D eigenvalue weighted by atomic mass is 10.4. The number of aromatic nitrogens is 1. The Morgan fingerprint density at radius 2 is 2.31 bits per heavy atom. The van der Waals surface area contributed by atoms with E-state index in [9.17, 15) is 9.59 Å². The van der Waals surface area contributed by atoms with E-state index in [-0.39, 0.29) is 12.5 Å². The van der Waals surface area contributed by atoms with Crippen molar-refractivity contribution in [1.82, 2.24) is 4.98 Å². The van der Waals surface area contributed by atoms with Crippen LogP contribution < -0.4 is 4.90 Å². The van der Waals surface area contributed by atoms with Crippen molar-refractivity contribution in [3.05, 3.63) is 24.5 Å². The van der Waals surface area contributed by atoms with Crippen LogP contribution in [0.15, 0.2) is 24.5 Å². The Balaban J connectivity index is 2.36. The summed E-state index contributed by atoms with van der Waals surface area (Å²) in [4.78, 5) is 26.9. The molecule has 5 nitrogen and oxygen atoms in total. The summed E-state index contributed by atoms with van der Waals surface area (Å²) in [5.41, 5.74) is 0.440. The number of rotatable bonds is 1. The van der Waals surface area contributed by atoms with E-state index in [1.807, 2.05) is 0 Å². The molecule has 1 aromatic heterocycles. The van der Waals surface area contributed by atoms with Gasteiger partial charge in [-0.25, -0.2) is 9.69 Å². The second-order valence-corrected chi connectivity index (χ2v) is 2.49. The molecule has 1 aromatic rings. The van der Waals surface area contributed by atoms with Crippen molar-refractivity contribution >= 4 is 17.7 Å². The van der Waals surface area contributed by atoms with Crippen LogP contribution in [0.2, 0.25) is 0 Å². The Kier molecular flexibility index (Phi) is 1.70. The van der Waals surface area contributed by atoms with Gasteiger partial charge < -0.3 is 4.74 Å². The molecule has 0 aliphatic carbocycles. The Hall–Kier alpha value is -1.91. The lowest BCUT2D eigenvalue weighted by molar-refractivity contribution is -0.117. The highest BCUT2D eigenvalue weighted by molar-refractivity contribution is 6.16.